The Balaban J connectivity index is 3.58. The zero-order chi connectivity index (χ0) is 7.44. The van der Waals surface area contributed by atoms with E-state index in [1.54, 1.807) is 0 Å². The van der Waals surface area contributed by atoms with Gasteiger partial charge in [0.2, 0.25) is 0 Å². The number of nitrogens with one attached hydrogen (secondary N) is 1. The average Bonchev–Trinajstić information content (AvgIpc) is 1.84. The summed E-state index contributed by atoms with van der Waals surface area (Å²) in [5.41, 5.74) is 1.23. The summed E-state index contributed by atoms with van der Waals surface area (Å²) in [7, 11) is 0. The predicted molar refractivity (Wildman–Crippen MR) is 25.2 cm³/mol. The topological polar surface area (TPSA) is 113 Å². The van der Waals surface area contributed by atoms with Crippen molar-refractivity contribution >= 4 is 0 Å². The summed E-state index contributed by atoms with van der Waals surface area (Å²) in [6, 6.07) is 0. The molecule has 0 aliphatic heterocycles. The number of aliphatic hydroxyl groups is 4. The van der Waals surface area contributed by atoms with Crippen LogP contribution in [0.3, 0.4) is 0 Å². The Kier molecular flexibility index (Phi) is 3.62. The van der Waals surface area contributed by atoms with Crippen molar-refractivity contribution < 1.29 is 25.6 Å². The summed E-state index contributed by atoms with van der Waals surface area (Å²) in [6.07, 6.45) is -5.63. The molecule has 0 spiro atoms. The van der Waals surface area contributed by atoms with Crippen LogP contribution in [0.15, 0.2) is 0 Å². The van der Waals surface area contributed by atoms with Gasteiger partial charge in [-0.1, -0.05) is 0 Å². The molecule has 0 aromatic heterocycles. The Morgan fingerprint density at radius 3 is 1.56 bits per heavy atom. The number of hydroxylamine groups is 1. The Hall–Kier alpha value is -0.240. The van der Waals surface area contributed by atoms with Crippen LogP contribution in [0.1, 0.15) is 0 Å². The molecule has 0 saturated carbocycles. The maximum Gasteiger partial charge on any atom is 0.182 e. The molecular formula is C3H9NO5. The molecule has 0 saturated heterocycles. The quantitative estimate of drug-likeness (QED) is 0.183. The molecule has 0 heterocycles. The van der Waals surface area contributed by atoms with Crippen LogP contribution >= 0.6 is 0 Å². The second-order valence-corrected chi connectivity index (χ2v) is 1.48. The van der Waals surface area contributed by atoms with E-state index in [0.717, 1.165) is 0 Å². The van der Waals surface area contributed by atoms with Crippen LogP contribution in [0, 0.1) is 0 Å². The lowest BCUT2D eigenvalue weighted by molar-refractivity contribution is -0.182. The summed E-state index contributed by atoms with van der Waals surface area (Å²) in [5.74, 6) is 0. The van der Waals surface area contributed by atoms with E-state index in [1.165, 1.54) is 5.48 Å². The fraction of sp³-hybridized carbons (Fsp3) is 1.00. The van der Waals surface area contributed by atoms with Crippen molar-refractivity contribution in [3.05, 3.63) is 0 Å². The van der Waals surface area contributed by atoms with Crippen molar-refractivity contribution in [1.29, 1.82) is 0 Å². The molecule has 0 bridgehead atoms. The van der Waals surface area contributed by atoms with Crippen molar-refractivity contribution in [1.82, 2.24) is 5.48 Å². The van der Waals surface area contributed by atoms with Gasteiger partial charge >= 0.3 is 0 Å². The van der Waals surface area contributed by atoms with Crippen LogP contribution in [-0.2, 0) is 0 Å². The third-order valence-electron chi connectivity index (χ3n) is 0.761. The van der Waals surface area contributed by atoms with Gasteiger partial charge < -0.3 is 25.6 Å². The zero-order valence-corrected chi connectivity index (χ0v) is 4.47. The first kappa shape index (κ1) is 8.76. The van der Waals surface area contributed by atoms with Crippen molar-refractivity contribution in [3.63, 3.8) is 0 Å². The molecule has 0 amide bonds. The van der Waals surface area contributed by atoms with Gasteiger partial charge in [0.25, 0.3) is 0 Å². The van der Waals surface area contributed by atoms with Crippen molar-refractivity contribution in [2.24, 2.45) is 0 Å². The van der Waals surface area contributed by atoms with E-state index in [-0.39, 0.29) is 0 Å². The van der Waals surface area contributed by atoms with Gasteiger partial charge in [0.05, 0.1) is 0 Å². The molecule has 0 fully saturated rings. The molecule has 6 heteroatoms. The molecule has 0 aromatic rings. The number of rotatable bonds is 3. The second kappa shape index (κ2) is 3.72. The second-order valence-electron chi connectivity index (χ2n) is 1.48. The van der Waals surface area contributed by atoms with E-state index in [0.29, 0.717) is 0 Å². The van der Waals surface area contributed by atoms with E-state index < -0.39 is 18.6 Å². The van der Waals surface area contributed by atoms with Gasteiger partial charge in [-0.2, -0.15) is 5.48 Å². The minimum atomic E-state index is -2.07. The molecule has 0 aliphatic rings. The monoisotopic (exact) mass is 139 g/mol. The Morgan fingerprint density at radius 1 is 1.00 bits per heavy atom. The Morgan fingerprint density at radius 2 is 1.44 bits per heavy atom. The fourth-order valence-corrected chi connectivity index (χ4v) is 0.239. The van der Waals surface area contributed by atoms with E-state index in [9.17, 15) is 0 Å². The molecule has 0 aliphatic carbocycles. The van der Waals surface area contributed by atoms with E-state index in [4.69, 9.17) is 25.6 Å². The Labute approximate surface area is 50.9 Å². The number of aliphatic hydroxyl groups excluding tert-OH is 3. The Bertz CT molecular complexity index is 76.6. The lowest BCUT2D eigenvalue weighted by atomic mass is 10.3. The minimum absolute atomic E-state index is 1.23. The summed E-state index contributed by atoms with van der Waals surface area (Å²) < 4.78 is 0. The zero-order valence-electron chi connectivity index (χ0n) is 4.47. The van der Waals surface area contributed by atoms with Gasteiger partial charge in [0, 0.05) is 0 Å². The van der Waals surface area contributed by atoms with Crippen LogP contribution in [0.25, 0.3) is 0 Å². The van der Waals surface area contributed by atoms with Crippen LogP contribution in [0.2, 0.25) is 0 Å². The van der Waals surface area contributed by atoms with E-state index >= 15 is 0 Å². The predicted octanol–water partition coefficient (Wildman–Crippen LogP) is -3.04. The lowest BCUT2D eigenvalue weighted by Gasteiger charge is -2.16. The molecule has 56 valence electrons. The summed E-state index contributed by atoms with van der Waals surface area (Å²) in [5, 5.41) is 40.9. The maximum atomic E-state index is 8.42. The molecule has 0 radical (unpaired) electrons. The number of hydrogen-bond donors (Lipinski definition) is 6. The van der Waals surface area contributed by atoms with Gasteiger partial charge in [-0.05, 0) is 0 Å². The SMILES string of the molecule is ONC(O)C(O)C(O)O. The molecule has 6 nitrogen and oxygen atoms in total. The molecular weight excluding hydrogens is 130 g/mol. The number of hydrogen-bond acceptors (Lipinski definition) is 6. The minimum Gasteiger partial charge on any atom is -0.384 e. The van der Waals surface area contributed by atoms with Gasteiger partial charge in [0.15, 0.2) is 12.5 Å². The normalized spacial score (nSPS) is 18.0. The van der Waals surface area contributed by atoms with Gasteiger partial charge in [0.1, 0.15) is 6.10 Å². The molecule has 0 rings (SSSR count). The molecule has 2 unspecified atom stereocenters. The first-order chi connectivity index (χ1) is 4.09. The smallest absolute Gasteiger partial charge is 0.182 e. The lowest BCUT2D eigenvalue weighted by Crippen LogP contribution is -2.44. The first-order valence-electron chi connectivity index (χ1n) is 2.21. The highest BCUT2D eigenvalue weighted by molar-refractivity contribution is 4.61. The first-order valence-corrected chi connectivity index (χ1v) is 2.21. The largest absolute Gasteiger partial charge is 0.384 e. The summed E-state index contributed by atoms with van der Waals surface area (Å²) >= 11 is 0. The van der Waals surface area contributed by atoms with Gasteiger partial charge in [-0.15, -0.1) is 0 Å². The molecule has 2 atom stereocenters. The third-order valence-corrected chi connectivity index (χ3v) is 0.761. The third kappa shape index (κ3) is 2.70. The standard InChI is InChI=1S/C3H9NO5/c5-1(3(7)8)2(6)4-9/h1-9H. The van der Waals surface area contributed by atoms with Crippen LogP contribution in [0.5, 0.6) is 0 Å². The van der Waals surface area contributed by atoms with E-state index in [2.05, 4.69) is 0 Å². The maximum absolute atomic E-state index is 8.42. The summed E-state index contributed by atoms with van der Waals surface area (Å²) in [6.45, 7) is 0. The van der Waals surface area contributed by atoms with Crippen LogP contribution in [-0.4, -0.2) is 44.3 Å². The van der Waals surface area contributed by atoms with Gasteiger partial charge in [-0.25, -0.2) is 0 Å². The van der Waals surface area contributed by atoms with Crippen molar-refractivity contribution in [2.45, 2.75) is 18.6 Å². The van der Waals surface area contributed by atoms with Crippen LogP contribution in [0.4, 0.5) is 0 Å². The van der Waals surface area contributed by atoms with Crippen molar-refractivity contribution in [3.8, 4) is 0 Å². The highest BCUT2D eigenvalue weighted by Crippen LogP contribution is 1.92. The van der Waals surface area contributed by atoms with Crippen molar-refractivity contribution in [2.75, 3.05) is 0 Å². The average molecular weight is 139 g/mol. The fourth-order valence-electron chi connectivity index (χ4n) is 0.239. The molecule has 9 heavy (non-hydrogen) atoms. The van der Waals surface area contributed by atoms with E-state index in [1.807, 2.05) is 0 Å². The van der Waals surface area contributed by atoms with Crippen LogP contribution < -0.4 is 5.48 Å². The summed E-state index contributed by atoms with van der Waals surface area (Å²) in [4.78, 5) is 0. The molecule has 6 N–H and O–H groups in total. The molecule has 0 aromatic carbocycles. The van der Waals surface area contributed by atoms with Gasteiger partial charge in [-0.3, -0.25) is 0 Å². The highest BCUT2D eigenvalue weighted by atomic mass is 16.5. The highest BCUT2D eigenvalue weighted by Gasteiger charge is 2.21.